The highest BCUT2D eigenvalue weighted by Crippen LogP contribution is 2.18. The molecule has 0 aliphatic carbocycles. The highest BCUT2D eigenvalue weighted by molar-refractivity contribution is 6.01. The van der Waals surface area contributed by atoms with Crippen LogP contribution in [-0.2, 0) is 16.1 Å². The summed E-state index contributed by atoms with van der Waals surface area (Å²) in [5.41, 5.74) is 1.55. The maximum absolute atomic E-state index is 12.2. The fourth-order valence-electron chi connectivity index (χ4n) is 2.96. The van der Waals surface area contributed by atoms with Gasteiger partial charge >= 0.3 is 0 Å². The van der Waals surface area contributed by atoms with Gasteiger partial charge < -0.3 is 14.8 Å². The molecule has 8 heteroatoms. The van der Waals surface area contributed by atoms with Crippen LogP contribution < -0.4 is 10.1 Å². The van der Waals surface area contributed by atoms with Crippen LogP contribution in [0.15, 0.2) is 54.1 Å². The molecule has 1 aliphatic heterocycles. The first-order valence-electron chi connectivity index (χ1n) is 9.53. The molecular formula is C22H21N3O5. The lowest BCUT2D eigenvalue weighted by molar-refractivity contribution is -0.384. The van der Waals surface area contributed by atoms with Gasteiger partial charge in [0.2, 0.25) is 0 Å². The zero-order valence-electron chi connectivity index (χ0n) is 16.2. The number of nitro groups is 1. The van der Waals surface area contributed by atoms with Crippen molar-refractivity contribution in [3.63, 3.8) is 0 Å². The molecule has 8 nitrogen and oxygen atoms in total. The van der Waals surface area contributed by atoms with E-state index in [4.69, 9.17) is 9.47 Å². The second kappa shape index (κ2) is 10.2. The lowest BCUT2D eigenvalue weighted by Gasteiger charge is -2.10. The number of carbonyl (C=O) groups is 1. The highest BCUT2D eigenvalue weighted by Gasteiger charge is 2.17. The van der Waals surface area contributed by atoms with E-state index in [1.165, 1.54) is 18.2 Å². The molecule has 154 valence electrons. The van der Waals surface area contributed by atoms with Crippen molar-refractivity contribution in [3.05, 3.63) is 75.3 Å². The SMILES string of the molecule is N#C/C(=C\c1ccc(OCc2ccc([N+](=O)[O-])cc2)cc1)C(=O)NC[C@@H]1CCCO1. The first-order valence-corrected chi connectivity index (χ1v) is 9.53. The lowest BCUT2D eigenvalue weighted by atomic mass is 10.1. The summed E-state index contributed by atoms with van der Waals surface area (Å²) < 4.78 is 11.1. The third-order valence-electron chi connectivity index (χ3n) is 4.62. The molecule has 0 radical (unpaired) electrons. The van der Waals surface area contributed by atoms with Gasteiger partial charge in [0.05, 0.1) is 11.0 Å². The van der Waals surface area contributed by atoms with Gasteiger partial charge in [-0.15, -0.1) is 0 Å². The molecule has 0 bridgehead atoms. The van der Waals surface area contributed by atoms with Crippen molar-refractivity contribution in [1.82, 2.24) is 5.32 Å². The number of non-ortho nitro benzene ring substituents is 1. The monoisotopic (exact) mass is 407 g/mol. The van der Waals surface area contributed by atoms with Gasteiger partial charge in [-0.1, -0.05) is 12.1 Å². The van der Waals surface area contributed by atoms with Gasteiger partial charge in [-0.2, -0.15) is 5.26 Å². The quantitative estimate of drug-likeness (QED) is 0.310. The van der Waals surface area contributed by atoms with Crippen molar-refractivity contribution in [2.75, 3.05) is 13.2 Å². The molecule has 1 atom stereocenters. The van der Waals surface area contributed by atoms with E-state index in [-0.39, 0.29) is 24.0 Å². The van der Waals surface area contributed by atoms with Crippen LogP contribution in [0.5, 0.6) is 5.75 Å². The fraction of sp³-hybridized carbons (Fsp3) is 0.273. The van der Waals surface area contributed by atoms with Gasteiger partial charge in [-0.25, -0.2) is 0 Å². The zero-order chi connectivity index (χ0) is 21.3. The molecule has 3 rings (SSSR count). The van der Waals surface area contributed by atoms with Crippen LogP contribution >= 0.6 is 0 Å². The topological polar surface area (TPSA) is 114 Å². The van der Waals surface area contributed by atoms with Crippen molar-refractivity contribution in [1.29, 1.82) is 5.26 Å². The van der Waals surface area contributed by atoms with Gasteiger partial charge in [0.1, 0.15) is 24.0 Å². The molecule has 1 saturated heterocycles. The maximum Gasteiger partial charge on any atom is 0.269 e. The molecule has 0 spiro atoms. The predicted molar refractivity (Wildman–Crippen MR) is 109 cm³/mol. The Kier molecular flexibility index (Phi) is 7.14. The normalized spacial score (nSPS) is 16.0. The number of hydrogen-bond acceptors (Lipinski definition) is 6. The van der Waals surface area contributed by atoms with Crippen molar-refractivity contribution in [2.45, 2.75) is 25.6 Å². The number of nitro benzene ring substituents is 1. The third kappa shape index (κ3) is 5.90. The Morgan fingerprint density at radius 3 is 2.60 bits per heavy atom. The second-order valence-electron chi connectivity index (χ2n) is 6.80. The lowest BCUT2D eigenvalue weighted by Crippen LogP contribution is -2.32. The molecule has 30 heavy (non-hydrogen) atoms. The van der Waals surface area contributed by atoms with Gasteiger partial charge in [0.25, 0.3) is 11.6 Å². The standard InChI is InChI=1S/C22H21N3O5/c23-13-18(22(26)24-14-21-2-1-11-29-21)12-16-5-9-20(10-6-16)30-15-17-3-7-19(8-4-17)25(27)28/h3-10,12,21H,1-2,11,14-15H2,(H,24,26)/b18-12+/t21-/m0/s1. The Labute approximate surface area is 173 Å². The summed E-state index contributed by atoms with van der Waals surface area (Å²) in [4.78, 5) is 22.4. The van der Waals surface area contributed by atoms with Crippen molar-refractivity contribution in [2.24, 2.45) is 0 Å². The van der Waals surface area contributed by atoms with Crippen LogP contribution in [-0.4, -0.2) is 30.1 Å². The number of amides is 1. The molecule has 2 aromatic carbocycles. The number of hydrogen-bond donors (Lipinski definition) is 1. The van der Waals surface area contributed by atoms with E-state index < -0.39 is 10.8 Å². The van der Waals surface area contributed by atoms with Gasteiger partial charge in [0.15, 0.2) is 0 Å². The number of ether oxygens (including phenoxy) is 2. The van der Waals surface area contributed by atoms with E-state index in [1.807, 2.05) is 6.07 Å². The summed E-state index contributed by atoms with van der Waals surface area (Å²) in [6, 6.07) is 15.0. The molecule has 0 aromatic heterocycles. The minimum Gasteiger partial charge on any atom is -0.489 e. The van der Waals surface area contributed by atoms with E-state index >= 15 is 0 Å². The Balaban J connectivity index is 1.54. The van der Waals surface area contributed by atoms with Crippen LogP contribution in [0.2, 0.25) is 0 Å². The van der Waals surface area contributed by atoms with Crippen LogP contribution in [0, 0.1) is 21.4 Å². The predicted octanol–water partition coefficient (Wildman–Crippen LogP) is 3.38. The summed E-state index contributed by atoms with van der Waals surface area (Å²) in [5, 5.41) is 22.7. The molecular weight excluding hydrogens is 386 g/mol. The highest BCUT2D eigenvalue weighted by atomic mass is 16.6. The van der Waals surface area contributed by atoms with E-state index in [0.717, 1.165) is 18.4 Å². The van der Waals surface area contributed by atoms with Gasteiger partial charge in [0, 0.05) is 25.3 Å². The largest absolute Gasteiger partial charge is 0.489 e. The minimum atomic E-state index is -0.449. The Morgan fingerprint density at radius 2 is 2.00 bits per heavy atom. The molecule has 1 aliphatic rings. The van der Waals surface area contributed by atoms with Crippen LogP contribution in [0.3, 0.4) is 0 Å². The molecule has 1 heterocycles. The fourth-order valence-corrected chi connectivity index (χ4v) is 2.96. The number of rotatable bonds is 8. The number of benzene rings is 2. The zero-order valence-corrected chi connectivity index (χ0v) is 16.2. The molecule has 0 saturated carbocycles. The Hall–Kier alpha value is -3.70. The van der Waals surface area contributed by atoms with E-state index in [9.17, 15) is 20.2 Å². The number of nitrogens with one attached hydrogen (secondary N) is 1. The summed E-state index contributed by atoms with van der Waals surface area (Å²) in [6.07, 6.45) is 3.43. The average molecular weight is 407 g/mol. The van der Waals surface area contributed by atoms with Crippen molar-refractivity contribution < 1.29 is 19.2 Å². The summed E-state index contributed by atoms with van der Waals surface area (Å²) >= 11 is 0. The molecule has 1 amide bonds. The summed E-state index contributed by atoms with van der Waals surface area (Å²) in [5.74, 6) is 0.179. The van der Waals surface area contributed by atoms with E-state index in [2.05, 4.69) is 5.32 Å². The first-order chi connectivity index (χ1) is 14.5. The molecule has 1 fully saturated rings. The maximum atomic E-state index is 12.2. The van der Waals surface area contributed by atoms with Crippen LogP contribution in [0.25, 0.3) is 6.08 Å². The van der Waals surface area contributed by atoms with Crippen LogP contribution in [0.4, 0.5) is 5.69 Å². The number of nitrogens with zero attached hydrogens (tertiary/aromatic N) is 2. The molecule has 1 N–H and O–H groups in total. The molecule has 2 aromatic rings. The van der Waals surface area contributed by atoms with Gasteiger partial charge in [-0.3, -0.25) is 14.9 Å². The Morgan fingerprint density at radius 1 is 1.27 bits per heavy atom. The first kappa shape index (κ1) is 21.0. The van der Waals surface area contributed by atoms with Gasteiger partial charge in [-0.05, 0) is 54.3 Å². The number of carbonyl (C=O) groups excluding carboxylic acids is 1. The smallest absolute Gasteiger partial charge is 0.269 e. The van der Waals surface area contributed by atoms with Crippen molar-refractivity contribution in [3.8, 4) is 11.8 Å². The number of nitriles is 1. The van der Waals surface area contributed by atoms with Crippen LogP contribution in [0.1, 0.15) is 24.0 Å². The van der Waals surface area contributed by atoms with E-state index in [0.29, 0.717) is 24.5 Å². The Bertz CT molecular complexity index is 956. The van der Waals surface area contributed by atoms with E-state index in [1.54, 1.807) is 36.4 Å². The third-order valence-corrected chi connectivity index (χ3v) is 4.62. The average Bonchev–Trinajstić information content (AvgIpc) is 3.29. The summed E-state index contributed by atoms with van der Waals surface area (Å²) in [7, 11) is 0. The van der Waals surface area contributed by atoms with Crippen molar-refractivity contribution >= 4 is 17.7 Å². The minimum absolute atomic E-state index is 0.0149. The second-order valence-corrected chi connectivity index (χ2v) is 6.80. The molecule has 0 unspecified atom stereocenters. The summed E-state index contributed by atoms with van der Waals surface area (Å²) in [6.45, 7) is 1.37.